The van der Waals surface area contributed by atoms with Crippen molar-refractivity contribution in [1.82, 2.24) is 15.0 Å². The SMILES string of the molecule is Cc1ccc(-c2cc(Oc3ccc4cccnc4c3)ncn2)c(NCc2ccc(C(C)(C)C)cc2)c1. The Balaban J connectivity index is 1.37. The van der Waals surface area contributed by atoms with Crippen LogP contribution in [0.3, 0.4) is 0 Å². The lowest BCUT2D eigenvalue weighted by Crippen LogP contribution is -2.11. The minimum atomic E-state index is 0.145. The van der Waals surface area contributed by atoms with Gasteiger partial charge in [0.05, 0.1) is 11.2 Å². The molecule has 0 atom stereocenters. The molecular weight excluding hydrogens is 444 g/mol. The molecule has 0 radical (unpaired) electrons. The molecule has 0 spiro atoms. The Morgan fingerprint density at radius 3 is 2.47 bits per heavy atom. The zero-order chi connectivity index (χ0) is 25.1. The fourth-order valence-electron chi connectivity index (χ4n) is 4.12. The van der Waals surface area contributed by atoms with Gasteiger partial charge in [-0.25, -0.2) is 9.97 Å². The van der Waals surface area contributed by atoms with E-state index in [4.69, 9.17) is 4.74 Å². The van der Waals surface area contributed by atoms with Crippen LogP contribution < -0.4 is 10.1 Å². The first-order valence-electron chi connectivity index (χ1n) is 12.1. The minimum absolute atomic E-state index is 0.145. The van der Waals surface area contributed by atoms with Crippen LogP contribution in [0.4, 0.5) is 5.69 Å². The van der Waals surface area contributed by atoms with Gasteiger partial charge in [-0.1, -0.05) is 63.2 Å². The number of aromatic nitrogens is 3. The van der Waals surface area contributed by atoms with Crippen LogP contribution in [0.15, 0.2) is 91.4 Å². The summed E-state index contributed by atoms with van der Waals surface area (Å²) in [7, 11) is 0. The molecule has 180 valence electrons. The quantitative estimate of drug-likeness (QED) is 0.273. The lowest BCUT2D eigenvalue weighted by molar-refractivity contribution is 0.462. The third-order valence-corrected chi connectivity index (χ3v) is 6.20. The fourth-order valence-corrected chi connectivity index (χ4v) is 4.12. The van der Waals surface area contributed by atoms with E-state index in [2.05, 4.69) is 90.4 Å². The topological polar surface area (TPSA) is 59.9 Å². The van der Waals surface area contributed by atoms with E-state index in [1.54, 1.807) is 12.5 Å². The lowest BCUT2D eigenvalue weighted by atomic mass is 9.87. The van der Waals surface area contributed by atoms with Gasteiger partial charge in [0.1, 0.15) is 12.1 Å². The molecule has 0 fully saturated rings. The standard InChI is InChI=1S/C31H30N4O/c1-21-7-14-26(28(16-21)33-19-22-8-11-24(12-9-22)31(2,3)4)29-18-30(35-20-34-29)36-25-13-10-23-6-5-15-32-27(23)17-25/h5-18,20,33H,19H2,1-4H3. The Morgan fingerprint density at radius 1 is 0.833 bits per heavy atom. The summed E-state index contributed by atoms with van der Waals surface area (Å²) in [4.78, 5) is 13.3. The molecule has 0 bridgehead atoms. The largest absolute Gasteiger partial charge is 0.439 e. The van der Waals surface area contributed by atoms with E-state index in [0.29, 0.717) is 11.6 Å². The van der Waals surface area contributed by atoms with E-state index in [1.807, 2.05) is 36.4 Å². The summed E-state index contributed by atoms with van der Waals surface area (Å²) >= 11 is 0. The highest BCUT2D eigenvalue weighted by Gasteiger charge is 2.13. The summed E-state index contributed by atoms with van der Waals surface area (Å²) < 4.78 is 6.07. The molecule has 3 aromatic carbocycles. The molecule has 0 saturated heterocycles. The van der Waals surface area contributed by atoms with Gasteiger partial charge in [0.2, 0.25) is 5.88 Å². The number of nitrogens with zero attached hydrogens (tertiary/aromatic N) is 3. The van der Waals surface area contributed by atoms with Gasteiger partial charge in [-0.05, 0) is 53.3 Å². The number of benzene rings is 3. The van der Waals surface area contributed by atoms with Crippen molar-refractivity contribution in [3.05, 3.63) is 108 Å². The predicted molar refractivity (Wildman–Crippen MR) is 146 cm³/mol. The van der Waals surface area contributed by atoms with Crippen molar-refractivity contribution in [1.29, 1.82) is 0 Å². The first-order valence-corrected chi connectivity index (χ1v) is 12.1. The predicted octanol–water partition coefficient (Wildman–Crippen LogP) is 7.70. The molecular formula is C31H30N4O. The Bertz CT molecular complexity index is 1500. The highest BCUT2D eigenvalue weighted by molar-refractivity contribution is 5.80. The monoisotopic (exact) mass is 474 g/mol. The molecule has 1 N–H and O–H groups in total. The lowest BCUT2D eigenvalue weighted by Gasteiger charge is -2.19. The van der Waals surface area contributed by atoms with E-state index >= 15 is 0 Å². The fraction of sp³-hybridized carbons (Fsp3) is 0.194. The zero-order valence-corrected chi connectivity index (χ0v) is 21.1. The highest BCUT2D eigenvalue weighted by Crippen LogP contribution is 2.31. The molecule has 0 aliphatic carbocycles. The van der Waals surface area contributed by atoms with Crippen LogP contribution in [0.1, 0.15) is 37.5 Å². The van der Waals surface area contributed by atoms with Crippen LogP contribution >= 0.6 is 0 Å². The number of fused-ring (bicyclic) bond motifs is 1. The second-order valence-corrected chi connectivity index (χ2v) is 10.1. The van der Waals surface area contributed by atoms with Crippen molar-refractivity contribution in [3.63, 3.8) is 0 Å². The van der Waals surface area contributed by atoms with Gasteiger partial charge in [-0.3, -0.25) is 4.98 Å². The van der Waals surface area contributed by atoms with Crippen LogP contribution in [0.25, 0.3) is 22.2 Å². The van der Waals surface area contributed by atoms with Crippen molar-refractivity contribution < 1.29 is 4.74 Å². The first kappa shape index (κ1) is 23.5. The Morgan fingerprint density at radius 2 is 1.67 bits per heavy atom. The molecule has 0 saturated carbocycles. The number of hydrogen-bond donors (Lipinski definition) is 1. The van der Waals surface area contributed by atoms with E-state index < -0.39 is 0 Å². The smallest absolute Gasteiger partial charge is 0.222 e. The molecule has 5 heteroatoms. The maximum Gasteiger partial charge on any atom is 0.222 e. The van der Waals surface area contributed by atoms with Crippen LogP contribution in [0, 0.1) is 6.92 Å². The Labute approximate surface area is 212 Å². The highest BCUT2D eigenvalue weighted by atomic mass is 16.5. The molecule has 0 aliphatic heterocycles. The Hall–Kier alpha value is -4.25. The van der Waals surface area contributed by atoms with Crippen LogP contribution in [-0.2, 0) is 12.0 Å². The molecule has 5 rings (SSSR count). The molecule has 36 heavy (non-hydrogen) atoms. The average molecular weight is 475 g/mol. The molecule has 5 nitrogen and oxygen atoms in total. The number of hydrogen-bond acceptors (Lipinski definition) is 5. The van der Waals surface area contributed by atoms with Crippen molar-refractivity contribution in [2.24, 2.45) is 0 Å². The van der Waals surface area contributed by atoms with Gasteiger partial charge in [0, 0.05) is 41.5 Å². The Kier molecular flexibility index (Phi) is 6.38. The molecule has 5 aromatic rings. The van der Waals surface area contributed by atoms with Crippen LogP contribution in [0.5, 0.6) is 11.6 Å². The van der Waals surface area contributed by atoms with Gasteiger partial charge < -0.3 is 10.1 Å². The van der Waals surface area contributed by atoms with Crippen molar-refractivity contribution >= 4 is 16.6 Å². The summed E-state index contributed by atoms with van der Waals surface area (Å²) in [5, 5.41) is 4.67. The van der Waals surface area contributed by atoms with Gasteiger partial charge in [-0.2, -0.15) is 0 Å². The van der Waals surface area contributed by atoms with Gasteiger partial charge in [0.25, 0.3) is 0 Å². The summed E-state index contributed by atoms with van der Waals surface area (Å²) in [6.07, 6.45) is 3.32. The van der Waals surface area contributed by atoms with E-state index in [-0.39, 0.29) is 5.41 Å². The van der Waals surface area contributed by atoms with Crippen molar-refractivity contribution in [3.8, 4) is 22.9 Å². The summed E-state index contributed by atoms with van der Waals surface area (Å²) in [6, 6.07) is 26.8. The molecule has 0 unspecified atom stereocenters. The summed E-state index contributed by atoms with van der Waals surface area (Å²) in [5.41, 5.74) is 7.58. The maximum absolute atomic E-state index is 6.07. The second-order valence-electron chi connectivity index (χ2n) is 10.1. The molecule has 0 aliphatic rings. The van der Waals surface area contributed by atoms with Crippen molar-refractivity contribution in [2.75, 3.05) is 5.32 Å². The zero-order valence-electron chi connectivity index (χ0n) is 21.1. The molecule has 0 amide bonds. The van der Waals surface area contributed by atoms with E-state index in [0.717, 1.165) is 34.4 Å². The van der Waals surface area contributed by atoms with Gasteiger partial charge in [0.15, 0.2) is 0 Å². The van der Waals surface area contributed by atoms with Gasteiger partial charge in [-0.15, -0.1) is 0 Å². The number of pyridine rings is 1. The van der Waals surface area contributed by atoms with Crippen LogP contribution in [-0.4, -0.2) is 15.0 Å². The minimum Gasteiger partial charge on any atom is -0.439 e. The van der Waals surface area contributed by atoms with E-state index in [9.17, 15) is 0 Å². The third-order valence-electron chi connectivity index (χ3n) is 6.20. The second kappa shape index (κ2) is 9.78. The van der Waals surface area contributed by atoms with Crippen molar-refractivity contribution in [2.45, 2.75) is 39.7 Å². The molecule has 2 aromatic heterocycles. The number of ether oxygens (including phenoxy) is 1. The molecule has 2 heterocycles. The number of nitrogens with one attached hydrogen (secondary N) is 1. The van der Waals surface area contributed by atoms with Crippen LogP contribution in [0.2, 0.25) is 0 Å². The summed E-state index contributed by atoms with van der Waals surface area (Å²) in [5.74, 6) is 1.17. The maximum atomic E-state index is 6.07. The number of aryl methyl sites for hydroxylation is 1. The average Bonchev–Trinajstić information content (AvgIpc) is 2.87. The first-order chi connectivity index (χ1) is 17.3. The number of anilines is 1. The third kappa shape index (κ3) is 5.36. The normalized spacial score (nSPS) is 11.4. The number of rotatable bonds is 6. The van der Waals surface area contributed by atoms with Gasteiger partial charge >= 0.3 is 0 Å². The van der Waals surface area contributed by atoms with E-state index in [1.165, 1.54) is 16.7 Å². The summed E-state index contributed by atoms with van der Waals surface area (Å²) in [6.45, 7) is 9.51.